The number of amides is 1. The highest BCUT2D eigenvalue weighted by Crippen LogP contribution is 2.31. The van der Waals surface area contributed by atoms with Crippen LogP contribution >= 0.6 is 11.8 Å². The Bertz CT molecular complexity index is 855. The summed E-state index contributed by atoms with van der Waals surface area (Å²) in [6.07, 6.45) is 1.01. The fourth-order valence-corrected chi connectivity index (χ4v) is 3.35. The van der Waals surface area contributed by atoms with Crippen molar-refractivity contribution in [1.82, 2.24) is 9.55 Å². The highest BCUT2D eigenvalue weighted by atomic mass is 32.2. The monoisotopic (exact) mass is 375 g/mol. The number of rotatable bonds is 5. The third-order valence-electron chi connectivity index (χ3n) is 3.54. The van der Waals surface area contributed by atoms with Crippen LogP contribution < -0.4 is 11.0 Å². The zero-order chi connectivity index (χ0) is 18.5. The molecule has 1 amide bonds. The number of anilines is 1. The molecular formula is C17H17N3O5S. The summed E-state index contributed by atoms with van der Waals surface area (Å²) < 4.78 is 12.4. The lowest BCUT2D eigenvalue weighted by atomic mass is 10.2. The van der Waals surface area contributed by atoms with Gasteiger partial charge in [0.2, 0.25) is 5.91 Å². The SMILES string of the molecule is CC(=O)Nc1ccn([C@@H]2CS[C@H](COC(=O)c3ccccc3)O2)c(=O)n1. The van der Waals surface area contributed by atoms with E-state index >= 15 is 0 Å². The molecule has 2 atom stereocenters. The van der Waals surface area contributed by atoms with E-state index in [9.17, 15) is 14.4 Å². The predicted octanol–water partition coefficient (Wildman–Crippen LogP) is 1.65. The molecular weight excluding hydrogens is 358 g/mol. The van der Waals surface area contributed by atoms with E-state index in [2.05, 4.69) is 10.3 Å². The predicted molar refractivity (Wildman–Crippen MR) is 95.9 cm³/mol. The van der Waals surface area contributed by atoms with E-state index in [1.54, 1.807) is 24.3 Å². The van der Waals surface area contributed by atoms with Crippen molar-refractivity contribution >= 4 is 29.5 Å². The van der Waals surface area contributed by atoms with Gasteiger partial charge in [-0.3, -0.25) is 9.36 Å². The summed E-state index contributed by atoms with van der Waals surface area (Å²) in [5, 5.41) is 2.45. The molecule has 2 heterocycles. The molecule has 0 unspecified atom stereocenters. The van der Waals surface area contributed by atoms with Crippen LogP contribution in [-0.2, 0) is 14.3 Å². The Balaban J connectivity index is 1.56. The summed E-state index contributed by atoms with van der Waals surface area (Å²) in [7, 11) is 0. The van der Waals surface area contributed by atoms with Gasteiger partial charge < -0.3 is 14.8 Å². The number of ether oxygens (including phenoxy) is 2. The number of carbonyl (C=O) groups is 2. The van der Waals surface area contributed by atoms with Crippen molar-refractivity contribution in [1.29, 1.82) is 0 Å². The normalized spacial score (nSPS) is 19.1. The second-order valence-electron chi connectivity index (χ2n) is 5.50. The van der Waals surface area contributed by atoms with Crippen LogP contribution in [0.5, 0.6) is 0 Å². The molecule has 1 fully saturated rings. The van der Waals surface area contributed by atoms with Crippen LogP contribution in [0, 0.1) is 0 Å². The second kappa shape index (κ2) is 8.15. The van der Waals surface area contributed by atoms with Crippen LogP contribution in [0.2, 0.25) is 0 Å². The number of hydrogen-bond acceptors (Lipinski definition) is 7. The van der Waals surface area contributed by atoms with Crippen molar-refractivity contribution in [2.75, 3.05) is 17.7 Å². The Morgan fingerprint density at radius 1 is 1.35 bits per heavy atom. The highest BCUT2D eigenvalue weighted by Gasteiger charge is 2.29. The van der Waals surface area contributed by atoms with E-state index in [4.69, 9.17) is 9.47 Å². The Morgan fingerprint density at radius 2 is 2.12 bits per heavy atom. The molecule has 8 nitrogen and oxygen atoms in total. The summed E-state index contributed by atoms with van der Waals surface area (Å²) >= 11 is 1.45. The third-order valence-corrected chi connectivity index (χ3v) is 4.63. The first-order chi connectivity index (χ1) is 12.5. The molecule has 0 spiro atoms. The Hall–Kier alpha value is -2.65. The molecule has 1 saturated heterocycles. The van der Waals surface area contributed by atoms with Gasteiger partial charge in [0.05, 0.1) is 5.56 Å². The Morgan fingerprint density at radius 3 is 2.81 bits per heavy atom. The van der Waals surface area contributed by atoms with Gasteiger partial charge in [-0.1, -0.05) is 18.2 Å². The van der Waals surface area contributed by atoms with Crippen molar-refractivity contribution in [3.8, 4) is 0 Å². The maximum Gasteiger partial charge on any atom is 0.351 e. The van der Waals surface area contributed by atoms with Crippen LogP contribution in [0.15, 0.2) is 47.4 Å². The molecule has 136 valence electrons. The number of thioether (sulfide) groups is 1. The lowest BCUT2D eigenvalue weighted by molar-refractivity contribution is -0.114. The average Bonchev–Trinajstić information content (AvgIpc) is 3.08. The zero-order valence-electron chi connectivity index (χ0n) is 14.0. The zero-order valence-corrected chi connectivity index (χ0v) is 14.8. The van der Waals surface area contributed by atoms with E-state index in [0.29, 0.717) is 11.3 Å². The van der Waals surface area contributed by atoms with E-state index < -0.39 is 17.9 Å². The largest absolute Gasteiger partial charge is 0.458 e. The van der Waals surface area contributed by atoms with Crippen LogP contribution in [0.25, 0.3) is 0 Å². The molecule has 1 aliphatic heterocycles. The fraction of sp³-hybridized carbons (Fsp3) is 0.294. The van der Waals surface area contributed by atoms with Crippen LogP contribution in [0.1, 0.15) is 23.5 Å². The summed E-state index contributed by atoms with van der Waals surface area (Å²) in [6.45, 7) is 1.42. The van der Waals surface area contributed by atoms with Gasteiger partial charge in [0.15, 0.2) is 0 Å². The van der Waals surface area contributed by atoms with Crippen LogP contribution in [-0.4, -0.2) is 39.2 Å². The number of benzene rings is 1. The number of hydrogen-bond donors (Lipinski definition) is 1. The highest BCUT2D eigenvalue weighted by molar-refractivity contribution is 8.00. The smallest absolute Gasteiger partial charge is 0.351 e. The average molecular weight is 375 g/mol. The Labute approximate surface area is 153 Å². The van der Waals surface area contributed by atoms with E-state index in [0.717, 1.165) is 0 Å². The Kier molecular flexibility index (Phi) is 5.69. The molecule has 1 aromatic carbocycles. The number of aromatic nitrogens is 2. The van der Waals surface area contributed by atoms with Crippen molar-refractivity contribution in [3.63, 3.8) is 0 Å². The minimum Gasteiger partial charge on any atom is -0.458 e. The van der Waals surface area contributed by atoms with Crippen molar-refractivity contribution in [2.45, 2.75) is 18.6 Å². The van der Waals surface area contributed by atoms with Gasteiger partial charge in [0.25, 0.3) is 0 Å². The number of esters is 1. The standard InChI is InChI=1S/C17H17N3O5S/c1-11(21)18-13-7-8-20(17(23)19-13)14-10-26-15(25-14)9-24-16(22)12-5-3-2-4-6-12/h2-8,14-15H,9-10H2,1H3,(H,18,19,21,23)/t14-,15+/m0/s1. The summed E-state index contributed by atoms with van der Waals surface area (Å²) in [5.41, 5.74) is -0.417. The maximum atomic E-state index is 12.1. The van der Waals surface area contributed by atoms with Gasteiger partial charge >= 0.3 is 11.7 Å². The lowest BCUT2D eigenvalue weighted by Gasteiger charge is -2.15. The van der Waals surface area contributed by atoms with Gasteiger partial charge in [0, 0.05) is 18.9 Å². The quantitative estimate of drug-likeness (QED) is 0.793. The number of nitrogens with zero attached hydrogens (tertiary/aromatic N) is 2. The minimum absolute atomic E-state index is 0.0844. The lowest BCUT2D eigenvalue weighted by Crippen LogP contribution is -2.29. The summed E-state index contributed by atoms with van der Waals surface area (Å²) in [6, 6.07) is 10.2. The molecule has 26 heavy (non-hydrogen) atoms. The fourth-order valence-electron chi connectivity index (χ4n) is 2.36. The first-order valence-electron chi connectivity index (χ1n) is 7.89. The van der Waals surface area contributed by atoms with Crippen molar-refractivity contribution < 1.29 is 19.1 Å². The van der Waals surface area contributed by atoms with Crippen molar-refractivity contribution in [3.05, 3.63) is 58.6 Å². The first kappa shape index (κ1) is 18.2. The van der Waals surface area contributed by atoms with E-state index in [1.807, 2.05) is 6.07 Å². The summed E-state index contributed by atoms with van der Waals surface area (Å²) in [4.78, 5) is 38.8. The third kappa shape index (κ3) is 4.50. The van der Waals surface area contributed by atoms with Crippen LogP contribution in [0.4, 0.5) is 5.82 Å². The topological polar surface area (TPSA) is 99.5 Å². The van der Waals surface area contributed by atoms with Gasteiger partial charge in [-0.05, 0) is 18.2 Å². The number of carbonyl (C=O) groups excluding carboxylic acids is 2. The summed E-state index contributed by atoms with van der Waals surface area (Å²) in [5.74, 6) is -0.00802. The molecule has 1 aromatic heterocycles. The molecule has 0 radical (unpaired) electrons. The van der Waals surface area contributed by atoms with Gasteiger partial charge in [0.1, 0.15) is 24.1 Å². The van der Waals surface area contributed by atoms with Gasteiger partial charge in [-0.15, -0.1) is 11.8 Å². The van der Waals surface area contributed by atoms with E-state index in [1.165, 1.54) is 35.5 Å². The number of nitrogens with one attached hydrogen (secondary N) is 1. The van der Waals surface area contributed by atoms with Crippen LogP contribution in [0.3, 0.4) is 0 Å². The molecule has 0 bridgehead atoms. The maximum absolute atomic E-state index is 12.1. The molecule has 0 saturated carbocycles. The second-order valence-corrected chi connectivity index (χ2v) is 6.69. The molecule has 0 aliphatic carbocycles. The molecule has 9 heteroatoms. The molecule has 1 N–H and O–H groups in total. The molecule has 3 rings (SSSR count). The molecule has 2 aromatic rings. The molecule has 1 aliphatic rings. The minimum atomic E-state index is -0.524. The van der Waals surface area contributed by atoms with Crippen molar-refractivity contribution in [2.24, 2.45) is 0 Å². The van der Waals surface area contributed by atoms with E-state index in [-0.39, 0.29) is 23.8 Å². The van der Waals surface area contributed by atoms with Gasteiger partial charge in [-0.2, -0.15) is 4.98 Å². The first-order valence-corrected chi connectivity index (χ1v) is 8.94. The van der Waals surface area contributed by atoms with Gasteiger partial charge in [-0.25, -0.2) is 9.59 Å².